The molecule has 5 aromatic rings. The lowest BCUT2D eigenvalue weighted by Gasteiger charge is -2.37. The number of benzene rings is 3. The molecule has 0 amide bonds. The van der Waals surface area contributed by atoms with Gasteiger partial charge in [0.2, 0.25) is 10.9 Å². The van der Waals surface area contributed by atoms with Gasteiger partial charge < -0.3 is 28.6 Å². The van der Waals surface area contributed by atoms with E-state index in [2.05, 4.69) is 61.3 Å². The van der Waals surface area contributed by atoms with Crippen molar-refractivity contribution >= 4 is 46.3 Å². The molecule has 0 saturated carbocycles. The Balaban J connectivity index is 0.927. The van der Waals surface area contributed by atoms with Crippen LogP contribution in [0.3, 0.4) is 0 Å². The number of aromatic nitrogens is 5. The largest absolute Gasteiger partial charge is 0.491 e. The van der Waals surface area contributed by atoms with E-state index in [4.69, 9.17) is 37.4 Å². The molecule has 0 bridgehead atoms. The van der Waals surface area contributed by atoms with Gasteiger partial charge in [0.05, 0.1) is 30.2 Å². The average Bonchev–Trinajstić information content (AvgIpc) is 3.87. The maximum atomic E-state index is 6.60. The normalized spacial score (nSPS) is 19.9. The minimum Gasteiger partial charge on any atom is -0.491 e. The summed E-state index contributed by atoms with van der Waals surface area (Å²) < 4.78 is 22.7. The molecule has 0 unspecified atom stereocenters. The Morgan fingerprint density at radius 3 is 2.24 bits per heavy atom. The van der Waals surface area contributed by atoms with Gasteiger partial charge in [-0.1, -0.05) is 41.0 Å². The maximum absolute atomic E-state index is 6.60. The molecule has 0 N–H and O–H groups in total. The summed E-state index contributed by atoms with van der Waals surface area (Å²) in [6, 6.07) is 22.1. The van der Waals surface area contributed by atoms with Crippen LogP contribution in [-0.4, -0.2) is 76.1 Å². The first kappa shape index (κ1) is 30.9. The SMILES string of the molecule is CSc1ncn(-c2ccc(N3CCN(c4ccc(OC[C@@H]5CO[C@@](Cn6ccnc6)(c6ccc(Cl)cc6Cl)O5)cc4)CC3)cc2)n1. The van der Waals surface area contributed by atoms with Crippen LogP contribution in [0.4, 0.5) is 11.4 Å². The van der Waals surface area contributed by atoms with E-state index in [9.17, 15) is 0 Å². The third-order valence-corrected chi connectivity index (χ3v) is 9.30. The quantitative estimate of drug-likeness (QED) is 0.161. The smallest absolute Gasteiger partial charge is 0.215 e. The Bertz CT molecular complexity index is 1750. The molecule has 0 radical (unpaired) electrons. The van der Waals surface area contributed by atoms with Crippen molar-refractivity contribution in [1.29, 1.82) is 0 Å². The first-order valence-corrected chi connectivity index (χ1v) is 17.0. The molecular formula is C33H33Cl2N7O3S. The van der Waals surface area contributed by atoms with Crippen molar-refractivity contribution in [2.45, 2.75) is 23.6 Å². The third kappa shape index (κ3) is 6.70. The van der Waals surface area contributed by atoms with Crippen molar-refractivity contribution in [2.75, 3.05) is 55.4 Å². The van der Waals surface area contributed by atoms with E-state index < -0.39 is 5.79 Å². The lowest BCUT2D eigenvalue weighted by atomic mass is 10.1. The highest BCUT2D eigenvalue weighted by atomic mass is 35.5. The summed E-state index contributed by atoms with van der Waals surface area (Å²) in [4.78, 5) is 13.3. The van der Waals surface area contributed by atoms with Gasteiger partial charge in [-0.3, -0.25) is 0 Å². The molecule has 46 heavy (non-hydrogen) atoms. The molecule has 0 aliphatic carbocycles. The van der Waals surface area contributed by atoms with Gasteiger partial charge in [0, 0.05) is 60.5 Å². The minimum absolute atomic E-state index is 0.291. The molecule has 2 aliphatic rings. The molecule has 0 spiro atoms. The Labute approximate surface area is 281 Å². The average molecular weight is 679 g/mol. The summed E-state index contributed by atoms with van der Waals surface area (Å²) in [5.41, 5.74) is 4.11. The van der Waals surface area contributed by atoms with E-state index in [0.29, 0.717) is 35.4 Å². The monoisotopic (exact) mass is 677 g/mol. The van der Waals surface area contributed by atoms with Crippen molar-refractivity contribution < 1.29 is 14.2 Å². The van der Waals surface area contributed by atoms with Crippen molar-refractivity contribution in [3.05, 3.63) is 107 Å². The summed E-state index contributed by atoms with van der Waals surface area (Å²) in [5, 5.41) is 6.27. The summed E-state index contributed by atoms with van der Waals surface area (Å²) in [6.45, 7) is 4.83. The zero-order valence-electron chi connectivity index (χ0n) is 25.2. The molecule has 2 fully saturated rings. The van der Waals surface area contributed by atoms with Gasteiger partial charge >= 0.3 is 0 Å². The number of thioether (sulfide) groups is 1. The molecule has 2 saturated heterocycles. The van der Waals surface area contributed by atoms with E-state index in [1.54, 1.807) is 31.0 Å². The first-order chi connectivity index (χ1) is 22.5. The van der Waals surface area contributed by atoms with Crippen LogP contribution in [0.5, 0.6) is 5.75 Å². The molecule has 2 aliphatic heterocycles. The highest BCUT2D eigenvalue weighted by Gasteiger charge is 2.45. The van der Waals surface area contributed by atoms with Gasteiger partial charge in [-0.15, -0.1) is 5.10 Å². The molecule has 3 aromatic carbocycles. The second kappa shape index (κ2) is 13.5. The van der Waals surface area contributed by atoms with Crippen molar-refractivity contribution in [2.24, 2.45) is 0 Å². The van der Waals surface area contributed by atoms with Crippen LogP contribution in [0.25, 0.3) is 5.69 Å². The van der Waals surface area contributed by atoms with E-state index in [1.165, 1.54) is 23.1 Å². The topological polar surface area (TPSA) is 82.7 Å². The maximum Gasteiger partial charge on any atom is 0.215 e. The van der Waals surface area contributed by atoms with Crippen LogP contribution >= 0.6 is 35.0 Å². The number of hydrogen-bond acceptors (Lipinski definition) is 9. The fourth-order valence-electron chi connectivity index (χ4n) is 5.82. The molecule has 238 valence electrons. The Hall–Kier alpha value is -3.74. The zero-order chi connectivity index (χ0) is 31.5. The van der Waals surface area contributed by atoms with Gasteiger partial charge in [0.15, 0.2) is 0 Å². The lowest BCUT2D eigenvalue weighted by molar-refractivity contribution is -0.189. The van der Waals surface area contributed by atoms with Crippen LogP contribution in [-0.2, 0) is 21.8 Å². The second-order valence-corrected chi connectivity index (χ2v) is 12.8. The number of hydrogen-bond donors (Lipinski definition) is 0. The third-order valence-electron chi connectivity index (χ3n) is 8.20. The molecule has 2 atom stereocenters. The summed E-state index contributed by atoms with van der Waals surface area (Å²) >= 11 is 14.3. The second-order valence-electron chi connectivity index (χ2n) is 11.1. The van der Waals surface area contributed by atoms with Crippen LogP contribution in [0.15, 0.2) is 96.9 Å². The van der Waals surface area contributed by atoms with Gasteiger partial charge in [-0.25, -0.2) is 14.6 Å². The fourth-order valence-corrected chi connectivity index (χ4v) is 6.70. The molecular weight excluding hydrogens is 645 g/mol. The summed E-state index contributed by atoms with van der Waals surface area (Å²) in [5.74, 6) is -0.306. The lowest BCUT2D eigenvalue weighted by Crippen LogP contribution is -2.46. The number of anilines is 2. The number of rotatable bonds is 10. The number of piperazine rings is 1. The van der Waals surface area contributed by atoms with Crippen LogP contribution in [0, 0.1) is 0 Å². The zero-order valence-corrected chi connectivity index (χ0v) is 27.5. The van der Waals surface area contributed by atoms with Crippen LogP contribution in [0.1, 0.15) is 5.56 Å². The number of halogens is 2. The fraction of sp³-hybridized carbons (Fsp3) is 0.303. The predicted molar refractivity (Wildman–Crippen MR) is 181 cm³/mol. The summed E-state index contributed by atoms with van der Waals surface area (Å²) in [7, 11) is 0. The van der Waals surface area contributed by atoms with Gasteiger partial charge in [0.25, 0.3) is 0 Å². The molecule has 2 aromatic heterocycles. The van der Waals surface area contributed by atoms with Crippen LogP contribution < -0.4 is 14.5 Å². The van der Waals surface area contributed by atoms with Crippen molar-refractivity contribution in [3.63, 3.8) is 0 Å². The van der Waals surface area contributed by atoms with Crippen molar-refractivity contribution in [1.82, 2.24) is 24.3 Å². The Kier molecular flexibility index (Phi) is 9.10. The van der Waals surface area contributed by atoms with E-state index >= 15 is 0 Å². The summed E-state index contributed by atoms with van der Waals surface area (Å²) in [6.07, 6.45) is 8.74. The minimum atomic E-state index is -1.08. The predicted octanol–water partition coefficient (Wildman–Crippen LogP) is 6.17. The van der Waals surface area contributed by atoms with Crippen molar-refractivity contribution in [3.8, 4) is 11.4 Å². The molecule has 4 heterocycles. The molecule has 7 rings (SSSR count). The molecule has 13 heteroatoms. The Morgan fingerprint density at radius 2 is 1.61 bits per heavy atom. The van der Waals surface area contributed by atoms with E-state index in [0.717, 1.165) is 42.8 Å². The van der Waals surface area contributed by atoms with Gasteiger partial charge in [0.1, 0.15) is 24.8 Å². The first-order valence-electron chi connectivity index (χ1n) is 15.0. The van der Waals surface area contributed by atoms with E-state index in [1.807, 2.05) is 39.9 Å². The van der Waals surface area contributed by atoms with Crippen LogP contribution in [0.2, 0.25) is 10.0 Å². The molecule has 10 nitrogen and oxygen atoms in total. The van der Waals surface area contributed by atoms with Gasteiger partial charge in [-0.05, 0) is 66.9 Å². The number of nitrogens with zero attached hydrogens (tertiary/aromatic N) is 7. The highest BCUT2D eigenvalue weighted by Crippen LogP contribution is 2.40. The Morgan fingerprint density at radius 1 is 0.913 bits per heavy atom. The number of imidazole rings is 1. The van der Waals surface area contributed by atoms with E-state index in [-0.39, 0.29) is 6.10 Å². The number of ether oxygens (including phenoxy) is 3. The standard InChI is InChI=1S/C33H33Cl2N7O3S/c1-46-32-37-23-42(38-32)27-5-3-25(4-6-27)40-14-16-41(17-15-40)26-7-9-28(10-8-26)43-19-29-20-44-33(45-29,21-39-13-12-36-22-39)30-11-2-24(34)18-31(30)35/h2-13,18,22-23,29H,14-17,19-21H2,1H3/t29-,33-/m1/s1. The highest BCUT2D eigenvalue weighted by molar-refractivity contribution is 7.98. The van der Waals surface area contributed by atoms with Gasteiger partial charge in [-0.2, -0.15) is 0 Å².